The summed E-state index contributed by atoms with van der Waals surface area (Å²) in [6.45, 7) is 4.23. The lowest BCUT2D eigenvalue weighted by Crippen LogP contribution is -3.12. The molecule has 146 valence electrons. The largest absolute Gasteiger partial charge is 0.334 e. The second-order valence-electron chi connectivity index (χ2n) is 7.54. The van der Waals surface area contributed by atoms with E-state index in [-0.39, 0.29) is 17.2 Å². The first-order chi connectivity index (χ1) is 13.6. The van der Waals surface area contributed by atoms with Crippen LogP contribution in [0.5, 0.6) is 0 Å². The number of carbonyl (C=O) groups is 2. The van der Waals surface area contributed by atoms with E-state index in [4.69, 9.17) is 0 Å². The Kier molecular flexibility index (Phi) is 5.69. The molecule has 6 heteroatoms. The van der Waals surface area contributed by atoms with Crippen LogP contribution in [0.1, 0.15) is 26.9 Å². The van der Waals surface area contributed by atoms with Gasteiger partial charge < -0.3 is 14.7 Å². The monoisotopic (exact) mass is 396 g/mol. The highest BCUT2D eigenvalue weighted by Crippen LogP contribution is 2.39. The maximum absolute atomic E-state index is 12.7. The number of piperazine rings is 1. The Bertz CT molecular complexity index is 833. The molecule has 0 aromatic heterocycles. The smallest absolute Gasteiger partial charge is 0.254 e. The van der Waals surface area contributed by atoms with Gasteiger partial charge in [-0.1, -0.05) is 42.5 Å². The molecule has 0 aliphatic carbocycles. The molecule has 2 aliphatic rings. The van der Waals surface area contributed by atoms with Gasteiger partial charge in [0.1, 0.15) is 5.37 Å². The molecule has 2 saturated heterocycles. The van der Waals surface area contributed by atoms with Gasteiger partial charge in [-0.2, -0.15) is 0 Å². The van der Waals surface area contributed by atoms with E-state index >= 15 is 0 Å². The van der Waals surface area contributed by atoms with Crippen LogP contribution in [-0.4, -0.2) is 60.6 Å². The van der Waals surface area contributed by atoms with Crippen LogP contribution in [-0.2, 0) is 11.3 Å². The summed E-state index contributed by atoms with van der Waals surface area (Å²) in [5.74, 6) is 0.774. The van der Waals surface area contributed by atoms with Crippen LogP contribution in [0.15, 0.2) is 54.6 Å². The van der Waals surface area contributed by atoms with E-state index in [2.05, 4.69) is 7.05 Å². The summed E-state index contributed by atoms with van der Waals surface area (Å²) >= 11 is 1.65. The highest BCUT2D eigenvalue weighted by atomic mass is 32.2. The van der Waals surface area contributed by atoms with E-state index in [0.717, 1.165) is 42.9 Å². The highest BCUT2D eigenvalue weighted by Gasteiger charge is 2.33. The van der Waals surface area contributed by atoms with Crippen molar-refractivity contribution in [3.8, 4) is 0 Å². The number of benzene rings is 2. The SMILES string of the molecule is C[NH+]1CCN(C(=O)c2ccc([C@@H]3SCC(=O)N3Cc3ccccc3)cc2)CC1. The maximum atomic E-state index is 12.7. The van der Waals surface area contributed by atoms with Gasteiger partial charge in [-0.25, -0.2) is 0 Å². The first-order valence-corrected chi connectivity index (χ1v) is 10.8. The summed E-state index contributed by atoms with van der Waals surface area (Å²) in [6.07, 6.45) is 0. The number of hydrogen-bond donors (Lipinski definition) is 1. The minimum absolute atomic E-state index is 0.00379. The summed E-state index contributed by atoms with van der Waals surface area (Å²) in [5, 5.41) is 0.00379. The average Bonchev–Trinajstić information content (AvgIpc) is 3.09. The number of amides is 2. The normalized spacial score (nSPS) is 20.6. The minimum atomic E-state index is 0.00379. The van der Waals surface area contributed by atoms with Gasteiger partial charge in [-0.15, -0.1) is 11.8 Å². The van der Waals surface area contributed by atoms with Crippen molar-refractivity contribution in [1.82, 2.24) is 9.80 Å². The lowest BCUT2D eigenvalue weighted by molar-refractivity contribution is -0.883. The van der Waals surface area contributed by atoms with Crippen LogP contribution >= 0.6 is 11.8 Å². The van der Waals surface area contributed by atoms with Crippen molar-refractivity contribution in [2.75, 3.05) is 39.0 Å². The fourth-order valence-corrected chi connectivity index (χ4v) is 4.93. The molecule has 2 amide bonds. The quantitative estimate of drug-likeness (QED) is 0.851. The second kappa shape index (κ2) is 8.37. The zero-order valence-electron chi connectivity index (χ0n) is 16.1. The molecule has 0 radical (unpaired) electrons. The van der Waals surface area contributed by atoms with E-state index in [1.54, 1.807) is 11.8 Å². The van der Waals surface area contributed by atoms with Crippen molar-refractivity contribution in [1.29, 1.82) is 0 Å². The second-order valence-corrected chi connectivity index (χ2v) is 8.61. The van der Waals surface area contributed by atoms with Gasteiger partial charge in [0.15, 0.2) is 0 Å². The van der Waals surface area contributed by atoms with Crippen molar-refractivity contribution in [2.24, 2.45) is 0 Å². The maximum Gasteiger partial charge on any atom is 0.254 e. The Morgan fingerprint density at radius 2 is 1.75 bits per heavy atom. The average molecular weight is 397 g/mol. The van der Waals surface area contributed by atoms with Gasteiger partial charge in [0.2, 0.25) is 5.91 Å². The third-order valence-corrected chi connectivity index (χ3v) is 6.77. The fourth-order valence-electron chi connectivity index (χ4n) is 3.75. The third kappa shape index (κ3) is 4.08. The molecule has 2 aromatic carbocycles. The molecule has 2 fully saturated rings. The van der Waals surface area contributed by atoms with Gasteiger partial charge in [0, 0.05) is 12.1 Å². The molecular weight excluding hydrogens is 370 g/mol. The Hall–Kier alpha value is -2.31. The van der Waals surface area contributed by atoms with Gasteiger partial charge in [-0.05, 0) is 23.3 Å². The van der Waals surface area contributed by atoms with Crippen molar-refractivity contribution < 1.29 is 14.5 Å². The molecule has 0 spiro atoms. The zero-order chi connectivity index (χ0) is 19.5. The third-order valence-electron chi connectivity index (χ3n) is 5.51. The molecular formula is C22H26N3O2S+. The van der Waals surface area contributed by atoms with Gasteiger partial charge in [0.05, 0.1) is 39.0 Å². The van der Waals surface area contributed by atoms with Crippen LogP contribution in [0.25, 0.3) is 0 Å². The Morgan fingerprint density at radius 1 is 1.07 bits per heavy atom. The van der Waals surface area contributed by atoms with Gasteiger partial charge >= 0.3 is 0 Å². The van der Waals surface area contributed by atoms with Crippen LogP contribution < -0.4 is 4.90 Å². The lowest BCUT2D eigenvalue weighted by Gasteiger charge is -2.30. The molecule has 1 N–H and O–H groups in total. The Morgan fingerprint density at radius 3 is 2.43 bits per heavy atom. The molecule has 0 saturated carbocycles. The first kappa shape index (κ1) is 19.0. The Balaban J connectivity index is 1.46. The van der Waals surface area contributed by atoms with E-state index in [9.17, 15) is 9.59 Å². The highest BCUT2D eigenvalue weighted by molar-refractivity contribution is 8.00. The van der Waals surface area contributed by atoms with E-state index < -0.39 is 0 Å². The minimum Gasteiger partial charge on any atom is -0.334 e. The number of likely N-dealkylation sites (N-methyl/N-ethyl adjacent to an activating group) is 1. The summed E-state index contributed by atoms with van der Waals surface area (Å²) in [4.78, 5) is 30.5. The molecule has 2 heterocycles. The van der Waals surface area contributed by atoms with Gasteiger partial charge in [-0.3, -0.25) is 9.59 Å². The molecule has 0 bridgehead atoms. The van der Waals surface area contributed by atoms with Crippen LogP contribution in [0, 0.1) is 0 Å². The Labute approximate surface area is 170 Å². The molecule has 5 nitrogen and oxygen atoms in total. The first-order valence-electron chi connectivity index (χ1n) is 9.77. The molecule has 28 heavy (non-hydrogen) atoms. The standard InChI is InChI=1S/C22H25N3O2S/c1-23-11-13-24(14-12-23)21(27)18-7-9-19(10-8-18)22-25(20(26)16-28-22)15-17-5-3-2-4-6-17/h2-10,22H,11-16H2,1H3/p+1/t22-/m0/s1. The summed E-state index contributed by atoms with van der Waals surface area (Å²) in [6, 6.07) is 17.9. The van der Waals surface area contributed by atoms with Crippen molar-refractivity contribution in [3.63, 3.8) is 0 Å². The number of rotatable bonds is 4. The van der Waals surface area contributed by atoms with Crippen molar-refractivity contribution >= 4 is 23.6 Å². The summed E-state index contributed by atoms with van der Waals surface area (Å²) in [5.41, 5.74) is 2.94. The molecule has 0 unspecified atom stereocenters. The van der Waals surface area contributed by atoms with Crippen LogP contribution in [0.3, 0.4) is 0 Å². The predicted molar refractivity (Wildman–Crippen MR) is 111 cm³/mol. The number of nitrogens with one attached hydrogen (secondary N) is 1. The van der Waals surface area contributed by atoms with E-state index in [1.165, 1.54) is 4.90 Å². The zero-order valence-corrected chi connectivity index (χ0v) is 17.0. The fraction of sp³-hybridized carbons (Fsp3) is 0.364. The number of hydrogen-bond acceptors (Lipinski definition) is 3. The molecule has 2 aliphatic heterocycles. The van der Waals surface area contributed by atoms with E-state index in [1.807, 2.05) is 64.4 Å². The van der Waals surface area contributed by atoms with Gasteiger partial charge in [0.25, 0.3) is 5.91 Å². The molecule has 1 atom stereocenters. The summed E-state index contributed by atoms with van der Waals surface area (Å²) in [7, 11) is 2.17. The van der Waals surface area contributed by atoms with E-state index in [0.29, 0.717) is 12.3 Å². The van der Waals surface area contributed by atoms with Crippen molar-refractivity contribution in [3.05, 3.63) is 71.3 Å². The summed E-state index contributed by atoms with van der Waals surface area (Å²) < 4.78 is 0. The number of nitrogens with zero attached hydrogens (tertiary/aromatic N) is 2. The van der Waals surface area contributed by atoms with Crippen molar-refractivity contribution in [2.45, 2.75) is 11.9 Å². The predicted octanol–water partition coefficient (Wildman–Crippen LogP) is 1.43. The number of carbonyl (C=O) groups excluding carboxylic acids is 2. The van der Waals surface area contributed by atoms with Crippen LogP contribution in [0.4, 0.5) is 0 Å². The molecule has 2 aromatic rings. The number of thioether (sulfide) groups is 1. The number of quaternary nitrogens is 1. The topological polar surface area (TPSA) is 45.1 Å². The molecule has 4 rings (SSSR count). The lowest BCUT2D eigenvalue weighted by atomic mass is 10.1. The van der Waals surface area contributed by atoms with Crippen LogP contribution in [0.2, 0.25) is 0 Å².